The van der Waals surface area contributed by atoms with Crippen LogP contribution in [0.2, 0.25) is 0 Å². The van der Waals surface area contributed by atoms with Crippen molar-refractivity contribution < 1.29 is 9.31 Å². The van der Waals surface area contributed by atoms with Crippen LogP contribution in [0, 0.1) is 5.92 Å². The Morgan fingerprint density at radius 3 is 2.22 bits per heavy atom. The van der Waals surface area contributed by atoms with Gasteiger partial charge in [-0.2, -0.15) is 0 Å². The monoisotopic (exact) mass is 480 g/mol. The topological polar surface area (TPSA) is 47.1 Å². The zero-order valence-corrected chi connectivity index (χ0v) is 22.1. The van der Waals surface area contributed by atoms with Gasteiger partial charge < -0.3 is 14.3 Å². The molecule has 1 N–H and O–H groups in total. The van der Waals surface area contributed by atoms with Crippen molar-refractivity contribution in [1.82, 2.24) is 9.97 Å². The first-order valence-electron chi connectivity index (χ1n) is 14.0. The van der Waals surface area contributed by atoms with Gasteiger partial charge >= 0.3 is 7.12 Å². The number of rotatable bonds is 4. The molecule has 2 unspecified atom stereocenters. The summed E-state index contributed by atoms with van der Waals surface area (Å²) in [5.41, 5.74) is 8.68. The molecule has 0 radical (unpaired) electrons. The highest BCUT2D eigenvalue weighted by Gasteiger charge is 2.53. The molecule has 186 valence electrons. The van der Waals surface area contributed by atoms with Crippen molar-refractivity contribution in [3.05, 3.63) is 59.5 Å². The summed E-state index contributed by atoms with van der Waals surface area (Å²) in [7, 11) is -0.285. The van der Waals surface area contributed by atoms with Gasteiger partial charge in [-0.05, 0) is 105 Å². The lowest BCUT2D eigenvalue weighted by atomic mass is 9.72. The van der Waals surface area contributed by atoms with E-state index in [1.807, 2.05) is 6.20 Å². The number of imidazole rings is 1. The zero-order valence-electron chi connectivity index (χ0n) is 22.1. The molecule has 36 heavy (non-hydrogen) atoms. The Kier molecular flexibility index (Phi) is 5.11. The molecule has 0 amide bonds. The maximum atomic E-state index is 6.48. The van der Waals surface area contributed by atoms with Gasteiger partial charge in [-0.3, -0.25) is 0 Å². The molecule has 3 fully saturated rings. The molecule has 2 atom stereocenters. The van der Waals surface area contributed by atoms with Gasteiger partial charge in [0, 0.05) is 5.92 Å². The van der Waals surface area contributed by atoms with Crippen molar-refractivity contribution >= 4 is 12.6 Å². The third-order valence-corrected chi connectivity index (χ3v) is 10.00. The Morgan fingerprint density at radius 1 is 0.861 bits per heavy atom. The summed E-state index contributed by atoms with van der Waals surface area (Å²) in [5.74, 6) is 3.23. The van der Waals surface area contributed by atoms with Gasteiger partial charge in [0.2, 0.25) is 0 Å². The number of aromatic nitrogens is 2. The van der Waals surface area contributed by atoms with Crippen LogP contribution in [0.25, 0.3) is 22.4 Å². The summed E-state index contributed by atoms with van der Waals surface area (Å²) in [5, 5.41) is 0. The van der Waals surface area contributed by atoms with E-state index in [4.69, 9.17) is 14.3 Å². The highest BCUT2D eigenvalue weighted by molar-refractivity contribution is 6.62. The third kappa shape index (κ3) is 3.46. The Hall–Kier alpha value is -2.37. The first kappa shape index (κ1) is 22.8. The smallest absolute Gasteiger partial charge is 0.399 e. The van der Waals surface area contributed by atoms with Gasteiger partial charge in [0.1, 0.15) is 5.82 Å². The van der Waals surface area contributed by atoms with Crippen molar-refractivity contribution in [2.75, 3.05) is 0 Å². The van der Waals surface area contributed by atoms with Crippen LogP contribution in [0.4, 0.5) is 0 Å². The normalized spacial score (nSPS) is 26.2. The number of benzene rings is 2. The van der Waals surface area contributed by atoms with E-state index in [9.17, 15) is 0 Å². The van der Waals surface area contributed by atoms with Crippen LogP contribution in [-0.4, -0.2) is 28.3 Å². The minimum atomic E-state index is -0.319. The number of aromatic amines is 1. The van der Waals surface area contributed by atoms with E-state index in [2.05, 4.69) is 69.1 Å². The van der Waals surface area contributed by atoms with Crippen LogP contribution < -0.4 is 5.46 Å². The van der Waals surface area contributed by atoms with E-state index in [0.29, 0.717) is 11.8 Å². The molecule has 4 nitrogen and oxygen atoms in total. The molecule has 2 aromatic carbocycles. The molecule has 2 saturated carbocycles. The van der Waals surface area contributed by atoms with E-state index in [0.717, 1.165) is 18.0 Å². The van der Waals surface area contributed by atoms with Crippen LogP contribution in [0.1, 0.15) is 95.0 Å². The molecular weight excluding hydrogens is 443 g/mol. The van der Waals surface area contributed by atoms with E-state index in [-0.39, 0.29) is 18.3 Å². The number of H-pyrrole nitrogens is 1. The van der Waals surface area contributed by atoms with Crippen LogP contribution in [0.3, 0.4) is 0 Å². The Balaban J connectivity index is 1.21. The molecule has 3 aliphatic carbocycles. The van der Waals surface area contributed by atoms with Gasteiger partial charge in [0.05, 0.1) is 23.1 Å². The molecule has 1 saturated heterocycles. The first-order valence-corrected chi connectivity index (χ1v) is 14.0. The first-order chi connectivity index (χ1) is 17.3. The predicted molar refractivity (Wildman–Crippen MR) is 146 cm³/mol. The Morgan fingerprint density at radius 2 is 1.56 bits per heavy atom. The van der Waals surface area contributed by atoms with E-state index >= 15 is 0 Å². The molecule has 7 rings (SSSR count). The number of fused-ring (bicyclic) bond motifs is 3. The molecule has 4 aliphatic rings. The second-order valence-electron chi connectivity index (χ2n) is 12.6. The molecular formula is C31H37BN2O2. The molecule has 5 heteroatoms. The van der Waals surface area contributed by atoms with Gasteiger partial charge in [0.15, 0.2) is 0 Å². The average molecular weight is 480 g/mol. The van der Waals surface area contributed by atoms with Crippen LogP contribution >= 0.6 is 0 Å². The molecule has 0 bridgehead atoms. The van der Waals surface area contributed by atoms with E-state index < -0.39 is 0 Å². The van der Waals surface area contributed by atoms with Gasteiger partial charge in [-0.15, -0.1) is 0 Å². The van der Waals surface area contributed by atoms with E-state index in [1.165, 1.54) is 72.1 Å². The van der Waals surface area contributed by atoms with Crippen molar-refractivity contribution in [3.63, 3.8) is 0 Å². The number of nitrogens with one attached hydrogen (secondary N) is 1. The zero-order chi connectivity index (χ0) is 24.7. The maximum Gasteiger partial charge on any atom is 0.495 e. The lowest BCUT2D eigenvalue weighted by Gasteiger charge is -2.32. The van der Waals surface area contributed by atoms with Crippen molar-refractivity contribution in [2.45, 2.75) is 95.7 Å². The summed E-state index contributed by atoms with van der Waals surface area (Å²) in [6.45, 7) is 8.57. The summed E-state index contributed by atoms with van der Waals surface area (Å²) >= 11 is 0. The Labute approximate surface area is 215 Å². The standard InChI is InChI=1S/C31H37BN2O2/c1-30(2)31(3,4)36-32(35-30)26-16-15-23(28-24-14-13-22(24)17-25(26)28)19-9-11-20(12-10-19)27-18-33-29(34-27)21-7-5-6-8-21/h9-12,15-16,18,21-22,24H,5-8,13-14,17H2,1-4H3,(H,33,34). The maximum absolute atomic E-state index is 6.48. The minimum Gasteiger partial charge on any atom is -0.399 e. The van der Waals surface area contributed by atoms with Crippen molar-refractivity contribution in [3.8, 4) is 22.4 Å². The highest BCUT2D eigenvalue weighted by Crippen LogP contribution is 2.54. The number of hydrogen-bond acceptors (Lipinski definition) is 3. The summed E-state index contributed by atoms with van der Waals surface area (Å²) in [6, 6.07) is 13.7. The predicted octanol–water partition coefficient (Wildman–Crippen LogP) is 6.75. The second-order valence-corrected chi connectivity index (χ2v) is 12.6. The van der Waals surface area contributed by atoms with Gasteiger partial charge in [-0.25, -0.2) is 4.98 Å². The van der Waals surface area contributed by atoms with Crippen molar-refractivity contribution in [2.24, 2.45) is 5.92 Å². The highest BCUT2D eigenvalue weighted by atomic mass is 16.7. The number of nitrogens with zero attached hydrogens (tertiary/aromatic N) is 1. The molecule has 3 aromatic rings. The molecule has 2 heterocycles. The second kappa shape index (κ2) is 8.07. The van der Waals surface area contributed by atoms with Crippen molar-refractivity contribution in [1.29, 1.82) is 0 Å². The van der Waals surface area contributed by atoms with Gasteiger partial charge in [-0.1, -0.05) is 49.2 Å². The summed E-state index contributed by atoms with van der Waals surface area (Å²) < 4.78 is 13.0. The largest absolute Gasteiger partial charge is 0.495 e. The van der Waals surface area contributed by atoms with Crippen LogP contribution in [-0.2, 0) is 15.7 Å². The fourth-order valence-corrected chi connectivity index (χ4v) is 6.95. The van der Waals surface area contributed by atoms with Gasteiger partial charge in [0.25, 0.3) is 0 Å². The number of hydrogen-bond donors (Lipinski definition) is 1. The Bertz CT molecular complexity index is 1290. The molecule has 1 aromatic heterocycles. The quantitative estimate of drug-likeness (QED) is 0.420. The fourth-order valence-electron chi connectivity index (χ4n) is 6.95. The summed E-state index contributed by atoms with van der Waals surface area (Å²) in [4.78, 5) is 8.32. The molecule has 1 aliphatic heterocycles. The SMILES string of the molecule is CC1(C)OB(c2ccc(-c3ccc(-c4cnc(C5CCCC5)[nH]4)cc3)c3c2CC2CCC32)OC1(C)C. The summed E-state index contributed by atoms with van der Waals surface area (Å²) in [6.07, 6.45) is 11.0. The lowest BCUT2D eigenvalue weighted by Crippen LogP contribution is -2.41. The molecule has 0 spiro atoms. The van der Waals surface area contributed by atoms with Crippen LogP contribution in [0.15, 0.2) is 42.6 Å². The van der Waals surface area contributed by atoms with E-state index in [1.54, 1.807) is 5.56 Å². The minimum absolute atomic E-state index is 0.285. The van der Waals surface area contributed by atoms with Crippen LogP contribution in [0.5, 0.6) is 0 Å². The third-order valence-electron chi connectivity index (χ3n) is 10.00. The fraction of sp³-hybridized carbons (Fsp3) is 0.516. The lowest BCUT2D eigenvalue weighted by molar-refractivity contribution is 0.00578. The average Bonchev–Trinajstić information content (AvgIpc) is 3.60.